The van der Waals surface area contributed by atoms with Gasteiger partial charge in [-0.05, 0) is 27.7 Å². The van der Waals surface area contributed by atoms with Crippen molar-refractivity contribution in [1.29, 1.82) is 0 Å². The molecule has 0 aromatic rings. The van der Waals surface area contributed by atoms with Crippen LogP contribution < -0.4 is 0 Å². The van der Waals surface area contributed by atoms with Crippen molar-refractivity contribution in [3.05, 3.63) is 0 Å². The first-order valence-corrected chi connectivity index (χ1v) is 5.79. The Balaban J connectivity index is 4.44. The third kappa shape index (κ3) is 5.86. The number of hydrogen-bond donors (Lipinski definition) is 1. The fourth-order valence-electron chi connectivity index (χ4n) is 1.18. The summed E-state index contributed by atoms with van der Waals surface area (Å²) in [7, 11) is 2.76. The molecule has 6 heteroatoms. The average Bonchev–Trinajstić information content (AvgIpc) is 2.24. The molecule has 0 rings (SSSR count). The molecule has 0 saturated heterocycles. The Morgan fingerprint density at radius 2 is 1.83 bits per heavy atom. The summed E-state index contributed by atoms with van der Waals surface area (Å²) in [5.41, 5.74) is -0.599. The molecule has 1 amide bonds. The number of carbonyl (C=O) groups excluding carboxylic acids is 2. The van der Waals surface area contributed by atoms with Crippen LogP contribution in [0.15, 0.2) is 0 Å². The van der Waals surface area contributed by atoms with Crippen LogP contribution in [0.3, 0.4) is 0 Å². The molecule has 0 bridgehead atoms. The number of methoxy groups -OCH3 is 1. The minimum Gasteiger partial charge on any atom is -0.469 e. The predicted molar refractivity (Wildman–Crippen MR) is 66.1 cm³/mol. The zero-order valence-corrected chi connectivity index (χ0v) is 11.9. The Hall–Kier alpha value is -1.30. The third-order valence-corrected chi connectivity index (χ3v) is 2.45. The Morgan fingerprint density at radius 3 is 2.22 bits per heavy atom. The third-order valence-electron chi connectivity index (χ3n) is 2.45. The molecule has 0 heterocycles. The van der Waals surface area contributed by atoms with Crippen LogP contribution in [-0.2, 0) is 14.3 Å². The molecule has 0 spiro atoms. The minimum atomic E-state index is -0.991. The molecular weight excluding hydrogens is 238 g/mol. The molecule has 0 aliphatic heterocycles. The van der Waals surface area contributed by atoms with Crippen LogP contribution in [0.25, 0.3) is 0 Å². The van der Waals surface area contributed by atoms with E-state index in [1.165, 1.54) is 19.1 Å². The van der Waals surface area contributed by atoms with Crippen molar-refractivity contribution < 1.29 is 24.2 Å². The number of rotatable bonds is 4. The molecule has 106 valence electrons. The maximum Gasteiger partial charge on any atom is 0.410 e. The first-order valence-electron chi connectivity index (χ1n) is 5.79. The second-order valence-corrected chi connectivity index (χ2v) is 5.18. The normalized spacial score (nSPS) is 14.6. The molecule has 18 heavy (non-hydrogen) atoms. The molecule has 0 fully saturated rings. The van der Waals surface area contributed by atoms with Gasteiger partial charge in [-0.2, -0.15) is 0 Å². The van der Waals surface area contributed by atoms with Crippen LogP contribution in [0.5, 0.6) is 0 Å². The molecule has 6 nitrogen and oxygen atoms in total. The number of amides is 1. The summed E-state index contributed by atoms with van der Waals surface area (Å²) in [5.74, 6) is -0.521. The standard InChI is InChI=1S/C12H23NO5/c1-8(9(14)7-10(15)17-6)13(5)11(16)18-12(2,3)4/h8-9,14H,7H2,1-6H3. The average molecular weight is 261 g/mol. The van der Waals surface area contributed by atoms with Crippen LogP contribution in [0, 0.1) is 0 Å². The van der Waals surface area contributed by atoms with Gasteiger partial charge in [0.2, 0.25) is 0 Å². The number of carbonyl (C=O) groups is 2. The SMILES string of the molecule is COC(=O)CC(O)C(C)N(C)C(=O)OC(C)(C)C. The van der Waals surface area contributed by atoms with Crippen LogP contribution in [0.2, 0.25) is 0 Å². The van der Waals surface area contributed by atoms with Crippen LogP contribution in [0.1, 0.15) is 34.1 Å². The summed E-state index contributed by atoms with van der Waals surface area (Å²) >= 11 is 0. The van der Waals surface area contributed by atoms with Gasteiger partial charge in [0.15, 0.2) is 0 Å². The van der Waals surface area contributed by atoms with E-state index in [4.69, 9.17) is 4.74 Å². The zero-order chi connectivity index (χ0) is 14.5. The Kier molecular flexibility index (Phi) is 6.11. The van der Waals surface area contributed by atoms with E-state index in [-0.39, 0.29) is 6.42 Å². The monoisotopic (exact) mass is 261 g/mol. The second kappa shape index (κ2) is 6.58. The lowest BCUT2D eigenvalue weighted by molar-refractivity contribution is -0.143. The van der Waals surface area contributed by atoms with Crippen molar-refractivity contribution in [2.45, 2.75) is 51.9 Å². The summed E-state index contributed by atoms with van der Waals surface area (Å²) in [5, 5.41) is 9.79. The van der Waals surface area contributed by atoms with Gasteiger partial charge in [-0.15, -0.1) is 0 Å². The number of nitrogens with zero attached hydrogens (tertiary/aromatic N) is 1. The smallest absolute Gasteiger partial charge is 0.410 e. The van der Waals surface area contributed by atoms with E-state index in [1.54, 1.807) is 27.7 Å². The largest absolute Gasteiger partial charge is 0.469 e. The van der Waals surface area contributed by atoms with Gasteiger partial charge < -0.3 is 19.5 Å². The molecule has 0 aliphatic carbocycles. The Bertz CT molecular complexity index is 297. The van der Waals surface area contributed by atoms with E-state index in [0.717, 1.165) is 0 Å². The number of aliphatic hydroxyl groups is 1. The highest BCUT2D eigenvalue weighted by Crippen LogP contribution is 2.13. The van der Waals surface area contributed by atoms with E-state index in [2.05, 4.69) is 4.74 Å². The maximum absolute atomic E-state index is 11.7. The summed E-state index contributed by atoms with van der Waals surface area (Å²) in [6.45, 7) is 6.91. The summed E-state index contributed by atoms with van der Waals surface area (Å²) in [4.78, 5) is 24.0. The number of ether oxygens (including phenoxy) is 2. The lowest BCUT2D eigenvalue weighted by atomic mass is 10.1. The van der Waals surface area contributed by atoms with Gasteiger partial charge in [0.05, 0.1) is 25.7 Å². The van der Waals surface area contributed by atoms with Crippen molar-refractivity contribution in [2.24, 2.45) is 0 Å². The molecule has 0 aromatic carbocycles. The van der Waals surface area contributed by atoms with Gasteiger partial charge in [0, 0.05) is 7.05 Å². The van der Waals surface area contributed by atoms with Crippen LogP contribution in [0.4, 0.5) is 4.79 Å². The summed E-state index contributed by atoms with van der Waals surface area (Å²) in [6.07, 6.45) is -1.70. The highest BCUT2D eigenvalue weighted by molar-refractivity contribution is 5.71. The van der Waals surface area contributed by atoms with Gasteiger partial charge in [0.1, 0.15) is 5.60 Å². The first-order chi connectivity index (χ1) is 8.08. The van der Waals surface area contributed by atoms with Gasteiger partial charge >= 0.3 is 12.1 Å². The highest BCUT2D eigenvalue weighted by atomic mass is 16.6. The van der Waals surface area contributed by atoms with Gasteiger partial charge in [-0.1, -0.05) is 0 Å². The predicted octanol–water partition coefficient (Wildman–Crippen LogP) is 1.17. The van der Waals surface area contributed by atoms with Crippen LogP contribution >= 0.6 is 0 Å². The highest BCUT2D eigenvalue weighted by Gasteiger charge is 2.28. The van der Waals surface area contributed by atoms with E-state index >= 15 is 0 Å². The molecule has 0 aromatic heterocycles. The fourth-order valence-corrected chi connectivity index (χ4v) is 1.18. The molecular formula is C12H23NO5. The van der Waals surface area contributed by atoms with Gasteiger partial charge in [0.25, 0.3) is 0 Å². The van der Waals surface area contributed by atoms with E-state index in [1.807, 2.05) is 0 Å². The molecule has 0 aliphatic rings. The maximum atomic E-state index is 11.7. The van der Waals surface area contributed by atoms with Crippen LogP contribution in [-0.4, -0.2) is 54.0 Å². The van der Waals surface area contributed by atoms with E-state index in [9.17, 15) is 14.7 Å². The molecule has 0 saturated carbocycles. The lowest BCUT2D eigenvalue weighted by Crippen LogP contribution is -2.45. The van der Waals surface area contributed by atoms with E-state index in [0.29, 0.717) is 0 Å². The number of hydrogen-bond acceptors (Lipinski definition) is 5. The second-order valence-electron chi connectivity index (χ2n) is 5.18. The van der Waals surface area contributed by atoms with Crippen molar-refractivity contribution >= 4 is 12.1 Å². The summed E-state index contributed by atoms with van der Waals surface area (Å²) in [6, 6.07) is -0.543. The minimum absolute atomic E-state index is 0.162. The van der Waals surface area contributed by atoms with E-state index < -0.39 is 29.8 Å². The zero-order valence-electron chi connectivity index (χ0n) is 11.9. The topological polar surface area (TPSA) is 76.1 Å². The lowest BCUT2D eigenvalue weighted by Gasteiger charge is -2.30. The van der Waals surface area contributed by atoms with Gasteiger partial charge in [-0.3, -0.25) is 4.79 Å². The first kappa shape index (κ1) is 16.7. The fraction of sp³-hybridized carbons (Fsp3) is 0.833. The molecule has 2 unspecified atom stereocenters. The number of likely N-dealkylation sites (N-methyl/N-ethyl adjacent to an activating group) is 1. The summed E-state index contributed by atoms with van der Waals surface area (Å²) < 4.78 is 9.62. The van der Waals surface area contributed by atoms with Gasteiger partial charge in [-0.25, -0.2) is 4.79 Å². The van der Waals surface area contributed by atoms with Crippen molar-refractivity contribution in [3.63, 3.8) is 0 Å². The Labute approximate surface area is 108 Å². The van der Waals surface area contributed by atoms with Crippen molar-refractivity contribution in [3.8, 4) is 0 Å². The van der Waals surface area contributed by atoms with Crippen molar-refractivity contribution in [1.82, 2.24) is 4.90 Å². The number of esters is 1. The molecule has 0 radical (unpaired) electrons. The quantitative estimate of drug-likeness (QED) is 0.769. The van der Waals surface area contributed by atoms with Crippen molar-refractivity contribution in [2.75, 3.05) is 14.2 Å². The molecule has 1 N–H and O–H groups in total. The molecule has 2 atom stereocenters. The number of aliphatic hydroxyl groups excluding tert-OH is 1. The Morgan fingerprint density at radius 1 is 1.33 bits per heavy atom.